The average Bonchev–Trinajstić information content (AvgIpc) is 2.71. The number of piperidine rings is 1. The molecule has 4 rings (SSSR count). The maximum absolute atomic E-state index is 14.6. The number of pyridine rings is 1. The highest BCUT2D eigenvalue weighted by atomic mass is 19.1. The van der Waals surface area contributed by atoms with Crippen LogP contribution in [0.2, 0.25) is 0 Å². The topological polar surface area (TPSA) is 62.4 Å². The Morgan fingerprint density at radius 1 is 1.29 bits per heavy atom. The van der Waals surface area contributed by atoms with E-state index in [1.807, 2.05) is 12.1 Å². The lowest BCUT2D eigenvalue weighted by Gasteiger charge is -2.39. The Morgan fingerprint density at radius 2 is 2.00 bits per heavy atom. The molecular formula is C16H18FN3O. The van der Waals surface area contributed by atoms with Gasteiger partial charge in [-0.25, -0.2) is 4.39 Å². The summed E-state index contributed by atoms with van der Waals surface area (Å²) in [4.78, 5) is 6.51. The molecule has 2 atom stereocenters. The quantitative estimate of drug-likeness (QED) is 0.791. The largest absolute Gasteiger partial charge is 0.398 e. The lowest BCUT2D eigenvalue weighted by molar-refractivity contribution is 0.126. The highest BCUT2D eigenvalue weighted by Gasteiger charge is 2.42. The van der Waals surface area contributed by atoms with Crippen LogP contribution in [0.25, 0.3) is 10.9 Å². The van der Waals surface area contributed by atoms with E-state index in [2.05, 4.69) is 9.88 Å². The zero-order valence-electron chi connectivity index (χ0n) is 11.7. The predicted octanol–water partition coefficient (Wildman–Crippen LogP) is 2.45. The van der Waals surface area contributed by atoms with Gasteiger partial charge in [-0.15, -0.1) is 0 Å². The molecule has 0 spiro atoms. The molecule has 1 aromatic carbocycles. The minimum Gasteiger partial charge on any atom is -0.398 e. The molecule has 2 bridgehead atoms. The number of aliphatic hydroxyl groups excluding tert-OH is 1. The van der Waals surface area contributed by atoms with Gasteiger partial charge in [0.15, 0.2) is 5.82 Å². The van der Waals surface area contributed by atoms with Gasteiger partial charge in [-0.3, -0.25) is 4.98 Å². The van der Waals surface area contributed by atoms with Crippen LogP contribution < -0.4 is 10.6 Å². The van der Waals surface area contributed by atoms with E-state index >= 15 is 0 Å². The Labute approximate surface area is 122 Å². The predicted molar refractivity (Wildman–Crippen MR) is 80.6 cm³/mol. The first kappa shape index (κ1) is 12.8. The van der Waals surface area contributed by atoms with Crippen molar-refractivity contribution < 1.29 is 9.50 Å². The maximum Gasteiger partial charge on any atom is 0.150 e. The number of nitrogen functional groups attached to an aromatic ring is 1. The first-order valence-corrected chi connectivity index (χ1v) is 7.44. The number of benzene rings is 1. The van der Waals surface area contributed by atoms with Crippen LogP contribution in [0.4, 0.5) is 15.8 Å². The Balaban J connectivity index is 1.91. The van der Waals surface area contributed by atoms with E-state index in [-0.39, 0.29) is 24.0 Å². The summed E-state index contributed by atoms with van der Waals surface area (Å²) in [7, 11) is 0. The van der Waals surface area contributed by atoms with Crippen LogP contribution >= 0.6 is 0 Å². The normalized spacial score (nSPS) is 28.3. The first-order valence-electron chi connectivity index (χ1n) is 7.44. The molecule has 2 aliphatic rings. The molecule has 3 N–H and O–H groups in total. The van der Waals surface area contributed by atoms with E-state index < -0.39 is 0 Å². The smallest absolute Gasteiger partial charge is 0.150 e. The Hall–Kier alpha value is -1.88. The summed E-state index contributed by atoms with van der Waals surface area (Å²) in [5.74, 6) is -0.313. The molecule has 1 aromatic heterocycles. The van der Waals surface area contributed by atoms with Gasteiger partial charge in [-0.2, -0.15) is 0 Å². The molecule has 2 aliphatic heterocycles. The van der Waals surface area contributed by atoms with E-state index in [0.29, 0.717) is 29.7 Å². The third-order valence-electron chi connectivity index (χ3n) is 4.82. The lowest BCUT2D eigenvalue weighted by Crippen LogP contribution is -2.45. The van der Waals surface area contributed by atoms with Crippen LogP contribution in [-0.4, -0.2) is 28.3 Å². The molecule has 0 amide bonds. The standard InChI is InChI=1S/C16H18FN3O/c17-13-8-14(18)12-2-1-5-19-15(12)16(13)20-9-3-4-10(20)7-11(21)6-9/h1-2,5,8-11,21H,3-4,6-7,18H2. The highest BCUT2D eigenvalue weighted by Crippen LogP contribution is 2.43. The summed E-state index contributed by atoms with van der Waals surface area (Å²) in [5, 5.41) is 10.7. The van der Waals surface area contributed by atoms with Crippen LogP contribution in [-0.2, 0) is 0 Å². The molecule has 110 valence electrons. The lowest BCUT2D eigenvalue weighted by atomic mass is 9.98. The summed E-state index contributed by atoms with van der Waals surface area (Å²) in [5.41, 5.74) is 7.53. The zero-order valence-corrected chi connectivity index (χ0v) is 11.7. The van der Waals surface area contributed by atoms with Crippen molar-refractivity contribution in [3.63, 3.8) is 0 Å². The van der Waals surface area contributed by atoms with Gasteiger partial charge >= 0.3 is 0 Å². The molecule has 4 nitrogen and oxygen atoms in total. The van der Waals surface area contributed by atoms with Crippen LogP contribution in [0.5, 0.6) is 0 Å². The Bertz CT molecular complexity index is 691. The maximum atomic E-state index is 14.6. The van der Waals surface area contributed by atoms with Crippen molar-refractivity contribution in [1.82, 2.24) is 4.98 Å². The third kappa shape index (κ3) is 1.87. The van der Waals surface area contributed by atoms with Crippen LogP contribution in [0.3, 0.4) is 0 Å². The Kier molecular flexibility index (Phi) is 2.79. The number of aliphatic hydroxyl groups is 1. The summed E-state index contributed by atoms with van der Waals surface area (Å²) < 4.78 is 14.6. The van der Waals surface area contributed by atoms with Crippen molar-refractivity contribution in [3.05, 3.63) is 30.2 Å². The fourth-order valence-corrected chi connectivity index (χ4v) is 3.98. The molecule has 2 fully saturated rings. The molecule has 3 heterocycles. The van der Waals surface area contributed by atoms with E-state index in [1.165, 1.54) is 6.07 Å². The van der Waals surface area contributed by atoms with Gasteiger partial charge < -0.3 is 15.7 Å². The molecule has 0 saturated carbocycles. The van der Waals surface area contributed by atoms with Crippen LogP contribution in [0.15, 0.2) is 24.4 Å². The molecule has 5 heteroatoms. The second kappa shape index (κ2) is 4.56. The number of rotatable bonds is 1. The van der Waals surface area contributed by atoms with Crippen molar-refractivity contribution in [3.8, 4) is 0 Å². The second-order valence-electron chi connectivity index (χ2n) is 6.11. The van der Waals surface area contributed by atoms with E-state index in [1.54, 1.807) is 6.20 Å². The van der Waals surface area contributed by atoms with Crippen molar-refractivity contribution >= 4 is 22.3 Å². The number of halogens is 1. The summed E-state index contributed by atoms with van der Waals surface area (Å²) in [6, 6.07) is 5.48. The summed E-state index contributed by atoms with van der Waals surface area (Å²) in [6.45, 7) is 0. The molecule has 2 saturated heterocycles. The monoisotopic (exact) mass is 287 g/mol. The van der Waals surface area contributed by atoms with Gasteiger partial charge in [-0.1, -0.05) is 0 Å². The van der Waals surface area contributed by atoms with E-state index in [9.17, 15) is 9.50 Å². The molecule has 21 heavy (non-hydrogen) atoms. The fraction of sp³-hybridized carbons (Fsp3) is 0.438. The number of hydrogen-bond donors (Lipinski definition) is 2. The van der Waals surface area contributed by atoms with Crippen molar-refractivity contribution in [2.24, 2.45) is 0 Å². The van der Waals surface area contributed by atoms with Gasteiger partial charge in [0, 0.05) is 29.4 Å². The fourth-order valence-electron chi connectivity index (χ4n) is 3.98. The number of aromatic nitrogens is 1. The second-order valence-corrected chi connectivity index (χ2v) is 6.11. The van der Waals surface area contributed by atoms with E-state index in [0.717, 1.165) is 18.2 Å². The number of fused-ring (bicyclic) bond motifs is 3. The number of anilines is 2. The molecule has 0 aliphatic carbocycles. The van der Waals surface area contributed by atoms with Crippen LogP contribution in [0, 0.1) is 5.82 Å². The van der Waals surface area contributed by atoms with E-state index in [4.69, 9.17) is 5.73 Å². The van der Waals surface area contributed by atoms with Crippen molar-refractivity contribution in [2.75, 3.05) is 10.6 Å². The number of nitrogens with two attached hydrogens (primary N) is 1. The molecule has 0 radical (unpaired) electrons. The first-order chi connectivity index (χ1) is 10.1. The van der Waals surface area contributed by atoms with Gasteiger partial charge in [0.25, 0.3) is 0 Å². The molecule has 2 unspecified atom stereocenters. The minimum atomic E-state index is -0.313. The van der Waals surface area contributed by atoms with Crippen molar-refractivity contribution in [2.45, 2.75) is 43.9 Å². The minimum absolute atomic E-state index is 0.196. The van der Waals surface area contributed by atoms with Crippen molar-refractivity contribution in [1.29, 1.82) is 0 Å². The number of nitrogens with zero attached hydrogens (tertiary/aromatic N) is 2. The average molecular weight is 287 g/mol. The molecule has 2 aromatic rings. The summed E-state index contributed by atoms with van der Waals surface area (Å²) >= 11 is 0. The number of hydrogen-bond acceptors (Lipinski definition) is 4. The summed E-state index contributed by atoms with van der Waals surface area (Å²) in [6.07, 6.45) is 4.81. The highest BCUT2D eigenvalue weighted by molar-refractivity contribution is 5.99. The van der Waals surface area contributed by atoms with Gasteiger partial charge in [0.05, 0.1) is 11.6 Å². The van der Waals surface area contributed by atoms with Gasteiger partial charge in [-0.05, 0) is 43.9 Å². The molecular weight excluding hydrogens is 269 g/mol. The zero-order chi connectivity index (χ0) is 14.6. The van der Waals surface area contributed by atoms with Gasteiger partial charge in [0.1, 0.15) is 5.69 Å². The SMILES string of the molecule is Nc1cc(F)c(N2C3CCC2CC(O)C3)c2ncccc12. The third-order valence-corrected chi connectivity index (χ3v) is 4.82. The Morgan fingerprint density at radius 3 is 2.71 bits per heavy atom. The van der Waals surface area contributed by atoms with Crippen LogP contribution in [0.1, 0.15) is 25.7 Å². The van der Waals surface area contributed by atoms with Gasteiger partial charge in [0.2, 0.25) is 0 Å².